The van der Waals surface area contributed by atoms with E-state index in [1.165, 1.54) is 11.8 Å². The number of ether oxygens (including phenoxy) is 2. The van der Waals surface area contributed by atoms with Crippen LogP contribution in [0.3, 0.4) is 0 Å². The lowest BCUT2D eigenvalue weighted by molar-refractivity contribution is -0.142. The minimum Gasteiger partial charge on any atom is -0.463 e. The fraction of sp³-hybridized carbons (Fsp3) is 0.692. The predicted molar refractivity (Wildman–Crippen MR) is 68.5 cm³/mol. The molecule has 6 heteroatoms. The molecule has 0 aromatic carbocycles. The maximum absolute atomic E-state index is 12.1. The number of amides is 1. The number of carbonyl (C=O) groups is 2. The smallest absolute Gasteiger partial charge is 0.411 e. The minimum atomic E-state index is -0.619. The second-order valence-corrected chi connectivity index (χ2v) is 5.39. The summed E-state index contributed by atoms with van der Waals surface area (Å²) in [5.74, 6) is -0.412. The summed E-state index contributed by atoms with van der Waals surface area (Å²) < 4.78 is 10.2. The van der Waals surface area contributed by atoms with Gasteiger partial charge in [0.25, 0.3) is 0 Å². The monoisotopic (exact) mass is 271 g/mol. The van der Waals surface area contributed by atoms with E-state index < -0.39 is 29.7 Å². The first-order chi connectivity index (χ1) is 8.74. The van der Waals surface area contributed by atoms with Gasteiger partial charge in [-0.25, -0.2) is 4.79 Å². The van der Waals surface area contributed by atoms with Crippen LogP contribution in [-0.4, -0.2) is 53.0 Å². The third-order valence-electron chi connectivity index (χ3n) is 2.52. The second kappa shape index (κ2) is 6.06. The molecule has 0 saturated carbocycles. The van der Waals surface area contributed by atoms with Gasteiger partial charge < -0.3 is 14.6 Å². The van der Waals surface area contributed by atoms with Crippen LogP contribution < -0.4 is 0 Å². The van der Waals surface area contributed by atoms with E-state index in [0.29, 0.717) is 0 Å². The standard InChI is InChI=1S/C13H21NO5/c1-9(16)18-8-11-6-5-10(7-15)14(11)12(17)19-13(2,3)4/h5-6,10-11,15H,7-8H2,1-4H3/t10-,11+/m0/s1. The van der Waals surface area contributed by atoms with Crippen LogP contribution in [0.25, 0.3) is 0 Å². The predicted octanol–water partition coefficient (Wildman–Crippen LogP) is 1.09. The topological polar surface area (TPSA) is 76.1 Å². The van der Waals surface area contributed by atoms with Crippen LogP contribution in [0.1, 0.15) is 27.7 Å². The van der Waals surface area contributed by atoms with Gasteiger partial charge in [0, 0.05) is 6.92 Å². The SMILES string of the molecule is CC(=O)OC[C@H]1C=C[C@@H](CO)N1C(=O)OC(C)(C)C. The van der Waals surface area contributed by atoms with Crippen molar-refractivity contribution in [3.8, 4) is 0 Å². The van der Waals surface area contributed by atoms with Crippen molar-refractivity contribution in [3.05, 3.63) is 12.2 Å². The molecule has 1 heterocycles. The Morgan fingerprint density at radius 2 is 1.84 bits per heavy atom. The third kappa shape index (κ3) is 4.55. The average Bonchev–Trinajstić information content (AvgIpc) is 2.66. The van der Waals surface area contributed by atoms with E-state index in [1.54, 1.807) is 32.9 Å². The number of aliphatic hydroxyl groups excluding tert-OH is 1. The molecule has 0 unspecified atom stereocenters. The van der Waals surface area contributed by atoms with E-state index >= 15 is 0 Å². The summed E-state index contributed by atoms with van der Waals surface area (Å²) in [6, 6.07) is -0.855. The minimum absolute atomic E-state index is 0.0571. The van der Waals surface area contributed by atoms with Gasteiger partial charge in [-0.2, -0.15) is 0 Å². The molecule has 6 nitrogen and oxygen atoms in total. The molecule has 2 atom stereocenters. The zero-order valence-electron chi connectivity index (χ0n) is 11.8. The Kier molecular flexibility index (Phi) is 4.94. The first-order valence-electron chi connectivity index (χ1n) is 6.18. The Balaban J connectivity index is 2.73. The maximum atomic E-state index is 12.1. The lowest BCUT2D eigenvalue weighted by atomic mass is 10.2. The quantitative estimate of drug-likeness (QED) is 0.614. The van der Waals surface area contributed by atoms with Gasteiger partial charge in [-0.1, -0.05) is 12.2 Å². The molecule has 0 saturated heterocycles. The van der Waals surface area contributed by atoms with Crippen LogP contribution in [0, 0.1) is 0 Å². The van der Waals surface area contributed by atoms with E-state index in [-0.39, 0.29) is 13.2 Å². The molecule has 1 aliphatic heterocycles. The molecule has 0 bridgehead atoms. The van der Waals surface area contributed by atoms with E-state index in [2.05, 4.69) is 0 Å². The lowest BCUT2D eigenvalue weighted by Crippen LogP contribution is -2.47. The van der Waals surface area contributed by atoms with Crippen molar-refractivity contribution >= 4 is 12.1 Å². The highest BCUT2D eigenvalue weighted by molar-refractivity contribution is 5.71. The van der Waals surface area contributed by atoms with Gasteiger partial charge in [0.1, 0.15) is 12.2 Å². The first kappa shape index (κ1) is 15.5. The average molecular weight is 271 g/mol. The zero-order chi connectivity index (χ0) is 14.6. The van der Waals surface area contributed by atoms with E-state index in [9.17, 15) is 14.7 Å². The number of aliphatic hydroxyl groups is 1. The number of esters is 1. The summed E-state index contributed by atoms with van der Waals surface area (Å²) in [5, 5.41) is 9.27. The van der Waals surface area contributed by atoms with Gasteiger partial charge in [0.2, 0.25) is 0 Å². The summed E-state index contributed by atoms with van der Waals surface area (Å²) in [6.07, 6.45) is 2.90. The molecule has 0 aromatic heterocycles. The van der Waals surface area contributed by atoms with E-state index in [4.69, 9.17) is 9.47 Å². The van der Waals surface area contributed by atoms with Crippen molar-refractivity contribution in [3.63, 3.8) is 0 Å². The molecule has 1 rings (SSSR count). The van der Waals surface area contributed by atoms with Gasteiger partial charge in [-0.05, 0) is 20.8 Å². The number of hydrogen-bond acceptors (Lipinski definition) is 5. The molecule has 0 aliphatic carbocycles. The molecule has 0 aromatic rings. The van der Waals surface area contributed by atoms with Crippen molar-refractivity contribution < 1.29 is 24.2 Å². The number of nitrogens with zero attached hydrogens (tertiary/aromatic N) is 1. The largest absolute Gasteiger partial charge is 0.463 e. The summed E-state index contributed by atoms with van der Waals surface area (Å²) in [7, 11) is 0. The van der Waals surface area contributed by atoms with Crippen molar-refractivity contribution in [2.45, 2.75) is 45.4 Å². The van der Waals surface area contributed by atoms with E-state index in [0.717, 1.165) is 0 Å². The molecular weight excluding hydrogens is 250 g/mol. The summed E-state index contributed by atoms with van der Waals surface area (Å²) in [4.78, 5) is 24.3. The molecule has 0 radical (unpaired) electrons. The van der Waals surface area contributed by atoms with Crippen molar-refractivity contribution in [2.75, 3.05) is 13.2 Å². The fourth-order valence-corrected chi connectivity index (χ4v) is 1.76. The highest BCUT2D eigenvalue weighted by Crippen LogP contribution is 2.21. The first-order valence-corrected chi connectivity index (χ1v) is 6.18. The Morgan fingerprint density at radius 3 is 2.32 bits per heavy atom. The molecule has 108 valence electrons. The van der Waals surface area contributed by atoms with Crippen LogP contribution in [0.5, 0.6) is 0 Å². The molecule has 1 amide bonds. The summed E-state index contributed by atoms with van der Waals surface area (Å²) in [6.45, 7) is 6.46. The van der Waals surface area contributed by atoms with Crippen LogP contribution in [0.2, 0.25) is 0 Å². The normalized spacial score (nSPS) is 22.5. The lowest BCUT2D eigenvalue weighted by Gasteiger charge is -2.31. The fourth-order valence-electron chi connectivity index (χ4n) is 1.76. The second-order valence-electron chi connectivity index (χ2n) is 5.39. The van der Waals surface area contributed by atoms with Gasteiger partial charge in [0.05, 0.1) is 18.7 Å². The molecule has 1 N–H and O–H groups in total. The Labute approximate surface area is 113 Å². The third-order valence-corrected chi connectivity index (χ3v) is 2.52. The Hall–Kier alpha value is -1.56. The van der Waals surface area contributed by atoms with Crippen molar-refractivity contribution in [1.82, 2.24) is 4.90 Å². The van der Waals surface area contributed by atoms with Gasteiger partial charge in [-0.3, -0.25) is 9.69 Å². The van der Waals surface area contributed by atoms with Crippen LogP contribution >= 0.6 is 0 Å². The maximum Gasteiger partial charge on any atom is 0.411 e. The molecule has 0 spiro atoms. The van der Waals surface area contributed by atoms with Crippen LogP contribution in [0.15, 0.2) is 12.2 Å². The summed E-state index contributed by atoms with van der Waals surface area (Å²) >= 11 is 0. The number of hydrogen-bond donors (Lipinski definition) is 1. The molecule has 0 fully saturated rings. The van der Waals surface area contributed by atoms with Gasteiger partial charge in [-0.15, -0.1) is 0 Å². The number of carbonyl (C=O) groups excluding carboxylic acids is 2. The van der Waals surface area contributed by atoms with Gasteiger partial charge in [0.15, 0.2) is 0 Å². The molecule has 1 aliphatic rings. The Morgan fingerprint density at radius 1 is 1.26 bits per heavy atom. The van der Waals surface area contributed by atoms with Crippen LogP contribution in [0.4, 0.5) is 4.79 Å². The highest BCUT2D eigenvalue weighted by Gasteiger charge is 2.35. The van der Waals surface area contributed by atoms with Crippen LogP contribution in [-0.2, 0) is 14.3 Å². The highest BCUT2D eigenvalue weighted by atomic mass is 16.6. The number of rotatable bonds is 3. The summed E-state index contributed by atoms with van der Waals surface area (Å²) in [5.41, 5.74) is -0.619. The zero-order valence-corrected chi connectivity index (χ0v) is 11.8. The molecule has 19 heavy (non-hydrogen) atoms. The Bertz CT molecular complexity index is 372. The van der Waals surface area contributed by atoms with E-state index in [1.807, 2.05) is 0 Å². The molecular formula is C13H21NO5. The van der Waals surface area contributed by atoms with Crippen molar-refractivity contribution in [1.29, 1.82) is 0 Å². The van der Waals surface area contributed by atoms with Gasteiger partial charge >= 0.3 is 12.1 Å². The van der Waals surface area contributed by atoms with Crippen molar-refractivity contribution in [2.24, 2.45) is 0 Å².